The lowest BCUT2D eigenvalue weighted by Gasteiger charge is -2.51. The Morgan fingerprint density at radius 2 is 1.18 bits per heavy atom. The monoisotopic (exact) mass is 371 g/mol. The zero-order chi connectivity index (χ0) is 19.6. The van der Waals surface area contributed by atoms with Crippen LogP contribution in [0.1, 0.15) is 52.1 Å². The number of carbonyl (C=O) groups is 1. The van der Waals surface area contributed by atoms with Gasteiger partial charge in [0.15, 0.2) is 0 Å². The summed E-state index contributed by atoms with van der Waals surface area (Å²) in [5.74, 6) is -0.767. The molecule has 0 atom stereocenters. The first-order valence-electron chi connectivity index (χ1n) is 9.33. The normalized spacial score (nSPS) is 20.9. The van der Waals surface area contributed by atoms with Crippen molar-refractivity contribution in [2.24, 2.45) is 0 Å². The fourth-order valence-corrected chi connectivity index (χ4v) is 5.22. The summed E-state index contributed by atoms with van der Waals surface area (Å²) in [5.41, 5.74) is 26.6. The standard InChI is InChI=1S/C23H21N3O2/c24-12-1-4-15-18(9-12)23(8-7-21(27)28)19-10-13(25)2-5-16(19)22(15)17-6-3-14(26)11-20(17)23/h1-6,9-11,22H,7-8,24-26H2,(H,27,28). The Balaban J connectivity index is 1.92. The summed E-state index contributed by atoms with van der Waals surface area (Å²) >= 11 is 0. The molecule has 28 heavy (non-hydrogen) atoms. The maximum Gasteiger partial charge on any atom is 0.303 e. The maximum absolute atomic E-state index is 11.6. The summed E-state index contributed by atoms with van der Waals surface area (Å²) in [4.78, 5) is 11.6. The van der Waals surface area contributed by atoms with E-state index in [1.54, 1.807) is 0 Å². The van der Waals surface area contributed by atoms with Crippen molar-refractivity contribution in [3.05, 3.63) is 88.0 Å². The molecule has 0 amide bonds. The molecular formula is C23H21N3O2. The topological polar surface area (TPSA) is 115 Å². The molecule has 5 nitrogen and oxygen atoms in total. The van der Waals surface area contributed by atoms with Gasteiger partial charge >= 0.3 is 5.97 Å². The number of carboxylic acid groups (broad SMARTS) is 1. The molecule has 0 heterocycles. The van der Waals surface area contributed by atoms with E-state index < -0.39 is 11.4 Å². The minimum absolute atomic E-state index is 0.0292. The van der Waals surface area contributed by atoms with Gasteiger partial charge in [0.05, 0.1) is 0 Å². The summed E-state index contributed by atoms with van der Waals surface area (Å²) in [7, 11) is 0. The fourth-order valence-electron chi connectivity index (χ4n) is 5.22. The van der Waals surface area contributed by atoms with E-state index in [0.29, 0.717) is 23.5 Å². The molecule has 0 fully saturated rings. The summed E-state index contributed by atoms with van der Waals surface area (Å²) in [6.07, 6.45) is 0.444. The Labute approximate surface area is 162 Å². The zero-order valence-electron chi connectivity index (χ0n) is 15.3. The van der Waals surface area contributed by atoms with E-state index in [2.05, 4.69) is 18.2 Å². The smallest absolute Gasteiger partial charge is 0.303 e. The number of nitrogen functional groups attached to an aromatic ring is 3. The number of nitrogens with two attached hydrogens (primary N) is 3. The van der Waals surface area contributed by atoms with Crippen LogP contribution in [0, 0.1) is 0 Å². The molecule has 6 rings (SSSR count). The molecule has 140 valence electrons. The minimum Gasteiger partial charge on any atom is -0.481 e. The van der Waals surface area contributed by atoms with Gasteiger partial charge in [0.2, 0.25) is 0 Å². The number of hydrogen-bond acceptors (Lipinski definition) is 4. The van der Waals surface area contributed by atoms with Crippen molar-refractivity contribution >= 4 is 23.0 Å². The van der Waals surface area contributed by atoms with Crippen molar-refractivity contribution < 1.29 is 9.90 Å². The van der Waals surface area contributed by atoms with E-state index in [1.807, 2.05) is 36.4 Å². The average Bonchev–Trinajstić information content (AvgIpc) is 2.66. The van der Waals surface area contributed by atoms with Gasteiger partial charge in [0.1, 0.15) is 0 Å². The molecular weight excluding hydrogens is 350 g/mol. The molecule has 5 heteroatoms. The third-order valence-corrected chi connectivity index (χ3v) is 6.26. The van der Waals surface area contributed by atoms with Crippen LogP contribution in [0.3, 0.4) is 0 Å². The second kappa shape index (κ2) is 5.52. The number of benzene rings is 3. The van der Waals surface area contributed by atoms with Crippen molar-refractivity contribution in [3.8, 4) is 0 Å². The number of anilines is 3. The van der Waals surface area contributed by atoms with Gasteiger partial charge in [-0.1, -0.05) is 18.2 Å². The van der Waals surface area contributed by atoms with Crippen LogP contribution in [0.5, 0.6) is 0 Å². The van der Waals surface area contributed by atoms with Crippen molar-refractivity contribution in [1.29, 1.82) is 0 Å². The van der Waals surface area contributed by atoms with Crippen LogP contribution in [0.15, 0.2) is 54.6 Å². The Hall–Kier alpha value is -3.47. The van der Waals surface area contributed by atoms with Crippen LogP contribution < -0.4 is 17.2 Å². The average molecular weight is 371 g/mol. The predicted molar refractivity (Wildman–Crippen MR) is 110 cm³/mol. The highest BCUT2D eigenvalue weighted by Crippen LogP contribution is 2.61. The largest absolute Gasteiger partial charge is 0.481 e. The maximum atomic E-state index is 11.6. The molecule has 3 aromatic rings. The van der Waals surface area contributed by atoms with Crippen LogP contribution in [-0.4, -0.2) is 11.1 Å². The summed E-state index contributed by atoms with van der Waals surface area (Å²) in [6.45, 7) is 0. The highest BCUT2D eigenvalue weighted by Gasteiger charge is 2.51. The Bertz CT molecular complexity index is 1020. The lowest BCUT2D eigenvalue weighted by atomic mass is 9.51. The molecule has 7 N–H and O–H groups in total. The van der Waals surface area contributed by atoms with Gasteiger partial charge in [-0.3, -0.25) is 4.79 Å². The Kier molecular flexibility index (Phi) is 3.29. The van der Waals surface area contributed by atoms with E-state index in [4.69, 9.17) is 17.2 Å². The molecule has 0 aromatic heterocycles. The molecule has 3 aliphatic rings. The third-order valence-electron chi connectivity index (χ3n) is 6.26. The van der Waals surface area contributed by atoms with Gasteiger partial charge in [-0.2, -0.15) is 0 Å². The number of hydrogen-bond donors (Lipinski definition) is 4. The van der Waals surface area contributed by atoms with Crippen LogP contribution in [0.25, 0.3) is 0 Å². The summed E-state index contributed by atoms with van der Waals surface area (Å²) < 4.78 is 0. The van der Waals surface area contributed by atoms with E-state index in [-0.39, 0.29) is 12.3 Å². The van der Waals surface area contributed by atoms with E-state index in [1.165, 1.54) is 16.7 Å². The van der Waals surface area contributed by atoms with Crippen molar-refractivity contribution in [2.75, 3.05) is 17.2 Å². The van der Waals surface area contributed by atoms with Gasteiger partial charge in [0.25, 0.3) is 0 Å². The molecule has 0 saturated heterocycles. The van der Waals surface area contributed by atoms with Gasteiger partial charge < -0.3 is 22.3 Å². The highest BCUT2D eigenvalue weighted by molar-refractivity contribution is 5.77. The number of carboxylic acids is 1. The highest BCUT2D eigenvalue weighted by atomic mass is 16.4. The SMILES string of the molecule is Nc1ccc2c(c1)C1(CCC(=O)O)c3cc(N)ccc3C2c2ccc(N)cc21. The van der Waals surface area contributed by atoms with Crippen LogP contribution in [0.2, 0.25) is 0 Å². The van der Waals surface area contributed by atoms with Crippen LogP contribution in [-0.2, 0) is 10.2 Å². The fraction of sp³-hybridized carbons (Fsp3) is 0.174. The van der Waals surface area contributed by atoms with E-state index >= 15 is 0 Å². The molecule has 0 spiro atoms. The zero-order valence-corrected chi connectivity index (χ0v) is 15.3. The Morgan fingerprint density at radius 1 is 0.786 bits per heavy atom. The lowest BCUT2D eigenvalue weighted by Crippen LogP contribution is -2.42. The van der Waals surface area contributed by atoms with Crippen molar-refractivity contribution in [3.63, 3.8) is 0 Å². The summed E-state index contributed by atoms with van der Waals surface area (Å²) in [5, 5.41) is 9.50. The minimum atomic E-state index is -0.830. The third kappa shape index (κ3) is 2.04. The molecule has 0 unspecified atom stereocenters. The lowest BCUT2D eigenvalue weighted by molar-refractivity contribution is -0.137. The van der Waals surface area contributed by atoms with Crippen molar-refractivity contribution in [1.82, 2.24) is 0 Å². The Morgan fingerprint density at radius 3 is 1.54 bits per heavy atom. The molecule has 0 radical (unpaired) electrons. The van der Waals surface area contributed by atoms with Gasteiger partial charge in [0, 0.05) is 34.8 Å². The number of aliphatic carboxylic acids is 1. The first-order valence-corrected chi connectivity index (χ1v) is 9.33. The second-order valence-corrected chi connectivity index (χ2v) is 7.77. The molecule has 0 aliphatic heterocycles. The van der Waals surface area contributed by atoms with E-state index in [0.717, 1.165) is 16.7 Å². The van der Waals surface area contributed by atoms with Crippen molar-refractivity contribution in [2.45, 2.75) is 24.2 Å². The molecule has 2 bridgehead atoms. The predicted octanol–water partition coefficient (Wildman–Crippen LogP) is 3.44. The summed E-state index contributed by atoms with van der Waals surface area (Å²) in [6, 6.07) is 17.9. The first kappa shape index (κ1) is 16.7. The van der Waals surface area contributed by atoms with Gasteiger partial charge in [-0.25, -0.2) is 0 Å². The van der Waals surface area contributed by atoms with Gasteiger partial charge in [-0.05, 0) is 76.2 Å². The van der Waals surface area contributed by atoms with Gasteiger partial charge in [-0.15, -0.1) is 0 Å². The quantitative estimate of drug-likeness (QED) is 0.526. The van der Waals surface area contributed by atoms with Crippen LogP contribution >= 0.6 is 0 Å². The van der Waals surface area contributed by atoms with Crippen LogP contribution in [0.4, 0.5) is 17.1 Å². The number of rotatable bonds is 3. The van der Waals surface area contributed by atoms with E-state index in [9.17, 15) is 9.90 Å². The first-order chi connectivity index (χ1) is 13.4. The molecule has 3 aromatic carbocycles. The molecule has 0 saturated carbocycles. The molecule has 3 aliphatic carbocycles. The second-order valence-electron chi connectivity index (χ2n) is 7.77.